The number of likely N-dealkylation sites (tertiary alicyclic amines) is 1. The third-order valence-corrected chi connectivity index (χ3v) is 5.23. The van der Waals surface area contributed by atoms with E-state index in [1.54, 1.807) is 0 Å². The normalized spacial score (nSPS) is 17.2. The van der Waals surface area contributed by atoms with Gasteiger partial charge in [0.25, 0.3) is 11.8 Å². The van der Waals surface area contributed by atoms with Crippen LogP contribution in [0.3, 0.4) is 0 Å². The Labute approximate surface area is 150 Å². The second kappa shape index (κ2) is 8.50. The summed E-state index contributed by atoms with van der Waals surface area (Å²) in [6.45, 7) is 5.22. The van der Waals surface area contributed by atoms with Gasteiger partial charge in [-0.3, -0.25) is 9.59 Å². The summed E-state index contributed by atoms with van der Waals surface area (Å²) >= 11 is 0. The molecule has 2 amide bonds. The van der Waals surface area contributed by atoms with E-state index in [9.17, 15) is 9.59 Å². The van der Waals surface area contributed by atoms with E-state index in [2.05, 4.69) is 17.2 Å². The van der Waals surface area contributed by atoms with Crippen molar-refractivity contribution in [3.05, 3.63) is 17.2 Å². The van der Waals surface area contributed by atoms with Crippen LogP contribution in [0.1, 0.15) is 85.1 Å². The van der Waals surface area contributed by atoms with Gasteiger partial charge in [0.05, 0.1) is 5.69 Å². The van der Waals surface area contributed by atoms with E-state index >= 15 is 0 Å². The third-order valence-electron chi connectivity index (χ3n) is 5.23. The Morgan fingerprint density at radius 2 is 1.80 bits per heavy atom. The second-order valence-corrected chi connectivity index (χ2v) is 7.16. The van der Waals surface area contributed by atoms with Gasteiger partial charge < -0.3 is 14.8 Å². The molecule has 1 aromatic heterocycles. The monoisotopic (exact) mass is 346 g/mol. The van der Waals surface area contributed by atoms with E-state index < -0.39 is 0 Å². The van der Waals surface area contributed by atoms with Crippen molar-refractivity contribution < 1.29 is 9.59 Å². The molecule has 0 atom stereocenters. The topological polar surface area (TPSA) is 67.2 Å². The van der Waals surface area contributed by atoms with Gasteiger partial charge in [-0.25, -0.2) is 4.98 Å². The maximum absolute atomic E-state index is 12.9. The average molecular weight is 346 g/mol. The molecule has 0 saturated carbocycles. The fourth-order valence-corrected chi connectivity index (χ4v) is 3.79. The average Bonchev–Trinajstić information content (AvgIpc) is 3.05. The van der Waals surface area contributed by atoms with Crippen molar-refractivity contribution in [3.63, 3.8) is 0 Å². The van der Waals surface area contributed by atoms with Crippen LogP contribution in [0.25, 0.3) is 0 Å². The number of piperidine rings is 1. The van der Waals surface area contributed by atoms with Crippen molar-refractivity contribution >= 4 is 11.8 Å². The van der Waals surface area contributed by atoms with Gasteiger partial charge >= 0.3 is 0 Å². The first-order chi connectivity index (χ1) is 12.2. The lowest BCUT2D eigenvalue weighted by Crippen LogP contribution is -2.36. The maximum atomic E-state index is 12.9. The van der Waals surface area contributed by atoms with E-state index in [-0.39, 0.29) is 11.8 Å². The van der Waals surface area contributed by atoms with Gasteiger partial charge in [0.1, 0.15) is 5.69 Å². The molecule has 138 valence electrons. The zero-order valence-corrected chi connectivity index (χ0v) is 15.4. The van der Waals surface area contributed by atoms with Gasteiger partial charge in [0, 0.05) is 26.2 Å². The van der Waals surface area contributed by atoms with E-state index in [1.807, 2.05) is 9.47 Å². The van der Waals surface area contributed by atoms with Crippen LogP contribution < -0.4 is 5.32 Å². The number of aromatic nitrogens is 2. The number of amides is 2. The molecule has 1 fully saturated rings. The minimum absolute atomic E-state index is 0.00961. The molecule has 25 heavy (non-hydrogen) atoms. The number of nitrogens with zero attached hydrogens (tertiary/aromatic N) is 3. The van der Waals surface area contributed by atoms with Gasteiger partial charge in [-0.15, -0.1) is 0 Å². The first-order valence-corrected chi connectivity index (χ1v) is 9.89. The number of fused-ring (bicyclic) bond motifs is 1. The molecule has 3 rings (SSSR count). The summed E-state index contributed by atoms with van der Waals surface area (Å²) in [7, 11) is 0. The Balaban J connectivity index is 1.78. The maximum Gasteiger partial charge on any atom is 0.287 e. The Bertz CT molecular complexity index is 617. The number of carbonyl (C=O) groups excluding carboxylic acids is 2. The lowest BCUT2D eigenvalue weighted by atomic mass is 10.1. The van der Waals surface area contributed by atoms with Crippen LogP contribution in [0.2, 0.25) is 0 Å². The van der Waals surface area contributed by atoms with E-state index in [0.717, 1.165) is 76.7 Å². The predicted octanol–water partition coefficient (Wildman–Crippen LogP) is 2.77. The van der Waals surface area contributed by atoms with Crippen LogP contribution in [0, 0.1) is 0 Å². The Morgan fingerprint density at radius 3 is 2.56 bits per heavy atom. The molecule has 0 spiro atoms. The van der Waals surface area contributed by atoms with Crippen LogP contribution >= 0.6 is 0 Å². The van der Waals surface area contributed by atoms with Crippen LogP contribution in [0.15, 0.2) is 0 Å². The van der Waals surface area contributed by atoms with E-state index in [1.165, 1.54) is 6.42 Å². The predicted molar refractivity (Wildman–Crippen MR) is 96.8 cm³/mol. The zero-order valence-electron chi connectivity index (χ0n) is 15.4. The molecule has 0 radical (unpaired) electrons. The summed E-state index contributed by atoms with van der Waals surface area (Å²) in [6.07, 6.45) is 9.47. The van der Waals surface area contributed by atoms with Gasteiger partial charge in [-0.2, -0.15) is 0 Å². The fraction of sp³-hybridized carbons (Fsp3) is 0.737. The molecule has 2 aliphatic rings. The number of hydrogen-bond donors (Lipinski definition) is 1. The quantitative estimate of drug-likeness (QED) is 0.806. The lowest BCUT2D eigenvalue weighted by Gasteiger charge is -2.26. The highest BCUT2D eigenvalue weighted by Crippen LogP contribution is 2.23. The highest BCUT2D eigenvalue weighted by Gasteiger charge is 2.30. The zero-order chi connectivity index (χ0) is 17.6. The van der Waals surface area contributed by atoms with Crippen LogP contribution in [0.4, 0.5) is 0 Å². The van der Waals surface area contributed by atoms with Crippen molar-refractivity contribution in [2.24, 2.45) is 0 Å². The SMILES string of the molecule is CCCCCNC(=O)c1nc(C(=O)N2CCCCC2)c2n1CCCC2. The van der Waals surface area contributed by atoms with Crippen LogP contribution in [-0.4, -0.2) is 45.9 Å². The van der Waals surface area contributed by atoms with Gasteiger partial charge in [0.15, 0.2) is 5.82 Å². The molecule has 3 heterocycles. The molecular weight excluding hydrogens is 316 g/mol. The van der Waals surface area contributed by atoms with Gasteiger partial charge in [-0.05, 0) is 44.9 Å². The Morgan fingerprint density at radius 1 is 1.04 bits per heavy atom. The number of unbranched alkanes of at least 4 members (excludes halogenated alkanes) is 2. The lowest BCUT2D eigenvalue weighted by molar-refractivity contribution is 0.0717. The first-order valence-electron chi connectivity index (χ1n) is 9.89. The Kier molecular flexibility index (Phi) is 6.10. The van der Waals surface area contributed by atoms with Gasteiger partial charge in [-0.1, -0.05) is 19.8 Å². The molecular formula is C19H30N4O2. The fourth-order valence-electron chi connectivity index (χ4n) is 3.79. The summed E-state index contributed by atoms with van der Waals surface area (Å²) in [6, 6.07) is 0. The summed E-state index contributed by atoms with van der Waals surface area (Å²) in [4.78, 5) is 31.9. The molecule has 0 unspecified atom stereocenters. The number of hydrogen-bond acceptors (Lipinski definition) is 3. The minimum atomic E-state index is -0.142. The standard InChI is InChI=1S/C19H30N4O2/c1-2-3-6-11-20-18(24)17-21-16(15-10-5-9-14-23(15)17)19(25)22-12-7-4-8-13-22/h2-14H2,1H3,(H,20,24). The molecule has 6 nitrogen and oxygen atoms in total. The van der Waals surface area contributed by atoms with Gasteiger partial charge in [0.2, 0.25) is 0 Å². The van der Waals surface area contributed by atoms with E-state index in [0.29, 0.717) is 18.1 Å². The molecule has 0 aliphatic carbocycles. The van der Waals surface area contributed by atoms with Crippen molar-refractivity contribution in [3.8, 4) is 0 Å². The number of nitrogens with one attached hydrogen (secondary N) is 1. The third kappa shape index (κ3) is 4.05. The molecule has 1 N–H and O–H groups in total. The summed E-state index contributed by atoms with van der Waals surface area (Å²) in [5.74, 6) is 0.291. The molecule has 1 saturated heterocycles. The number of imidazole rings is 1. The molecule has 1 aromatic rings. The van der Waals surface area contributed by atoms with Crippen molar-refractivity contribution in [2.75, 3.05) is 19.6 Å². The summed E-state index contributed by atoms with van der Waals surface area (Å²) < 4.78 is 1.98. The molecule has 0 bridgehead atoms. The van der Waals surface area contributed by atoms with Crippen molar-refractivity contribution in [1.29, 1.82) is 0 Å². The largest absolute Gasteiger partial charge is 0.349 e. The highest BCUT2D eigenvalue weighted by molar-refractivity contribution is 5.97. The smallest absolute Gasteiger partial charge is 0.287 e. The first kappa shape index (κ1) is 18.0. The highest BCUT2D eigenvalue weighted by atomic mass is 16.2. The molecule has 2 aliphatic heterocycles. The summed E-state index contributed by atoms with van der Waals surface area (Å²) in [5, 5.41) is 2.97. The van der Waals surface area contributed by atoms with Crippen molar-refractivity contribution in [2.45, 2.75) is 71.3 Å². The van der Waals surface area contributed by atoms with Crippen molar-refractivity contribution in [1.82, 2.24) is 19.8 Å². The molecule has 0 aromatic carbocycles. The second-order valence-electron chi connectivity index (χ2n) is 7.16. The van der Waals surface area contributed by atoms with Crippen LogP contribution in [0.5, 0.6) is 0 Å². The molecule has 6 heteroatoms. The number of rotatable bonds is 6. The Hall–Kier alpha value is -1.85. The minimum Gasteiger partial charge on any atom is -0.349 e. The summed E-state index contributed by atoms with van der Waals surface area (Å²) in [5.41, 5.74) is 1.47. The van der Waals surface area contributed by atoms with E-state index in [4.69, 9.17) is 0 Å². The van der Waals surface area contributed by atoms with Crippen LogP contribution in [-0.2, 0) is 13.0 Å². The number of carbonyl (C=O) groups is 2.